The van der Waals surface area contributed by atoms with E-state index in [1.165, 1.54) is 118 Å². The predicted octanol–water partition coefficient (Wildman–Crippen LogP) is 17.6. The molecule has 0 saturated heterocycles. The average Bonchev–Trinajstić information content (AvgIpc) is 4.19. The second-order valence-electron chi connectivity index (χ2n) is 24.0. The van der Waals surface area contributed by atoms with Crippen molar-refractivity contribution in [3.8, 4) is 11.1 Å². The summed E-state index contributed by atoms with van der Waals surface area (Å²) in [5, 5.41) is 0. The lowest BCUT2D eigenvalue weighted by Gasteiger charge is -2.57. The summed E-state index contributed by atoms with van der Waals surface area (Å²) >= 11 is 0. The van der Waals surface area contributed by atoms with E-state index >= 15 is 0 Å². The average molecular weight is 954 g/mol. The third kappa shape index (κ3) is 6.05. The zero-order chi connectivity index (χ0) is 48.6. The van der Waals surface area contributed by atoms with Crippen LogP contribution in [0, 0.1) is 29.6 Å². The van der Waals surface area contributed by atoms with Gasteiger partial charge in [-0.3, -0.25) is 0 Å². The number of fused-ring (bicyclic) bond motifs is 5. The Morgan fingerprint density at radius 3 is 1.59 bits per heavy atom. The topological polar surface area (TPSA) is 3.24 Å². The minimum absolute atomic E-state index is 0.0253. The Kier molecular flexibility index (Phi) is 9.57. The third-order valence-electron chi connectivity index (χ3n) is 20.5. The first-order valence-corrected chi connectivity index (χ1v) is 28.2. The van der Waals surface area contributed by atoms with Crippen LogP contribution in [-0.4, -0.2) is 0 Å². The molecule has 4 bridgehead atoms. The molecule has 0 N–H and O–H groups in total. The Labute approximate surface area is 438 Å². The summed E-state index contributed by atoms with van der Waals surface area (Å²) in [7, 11) is 0. The molecule has 1 nitrogen and oxygen atoms in total. The number of para-hydroxylation sites is 1. The van der Waals surface area contributed by atoms with Gasteiger partial charge in [-0.2, -0.15) is 0 Å². The minimum Gasteiger partial charge on any atom is -0.310 e. The van der Waals surface area contributed by atoms with Crippen LogP contribution >= 0.6 is 0 Å². The van der Waals surface area contributed by atoms with Gasteiger partial charge < -0.3 is 4.90 Å². The zero-order valence-electron chi connectivity index (χ0n) is 42.3. The Morgan fingerprint density at radius 2 is 0.946 bits per heavy atom. The van der Waals surface area contributed by atoms with E-state index in [0.717, 1.165) is 30.6 Å². The van der Waals surface area contributed by atoms with Crippen molar-refractivity contribution in [1.29, 1.82) is 0 Å². The summed E-state index contributed by atoms with van der Waals surface area (Å²) < 4.78 is 0. The highest BCUT2D eigenvalue weighted by Crippen LogP contribution is 2.69. The Balaban J connectivity index is 0.891. The first-order valence-electron chi connectivity index (χ1n) is 28.2. The van der Waals surface area contributed by atoms with Gasteiger partial charge in [0.25, 0.3) is 0 Å². The van der Waals surface area contributed by atoms with Crippen molar-refractivity contribution in [3.05, 3.63) is 291 Å². The maximum Gasteiger partial charge on any atom is 0.0713 e. The molecule has 17 rings (SSSR count). The van der Waals surface area contributed by atoms with Crippen molar-refractivity contribution in [2.24, 2.45) is 29.6 Å². The maximum atomic E-state index is 2.66. The van der Waals surface area contributed by atoms with Crippen LogP contribution in [0.3, 0.4) is 0 Å². The standard InChI is InChI=1S/C73H63N/c1-5-17-51(18-6-1)68(52-31-38-63-62-27-13-14-29-65(62)72(66(63)44-52,56-21-7-2-8-22-56)57-23-9-3-10-24-57)64-28-15-19-53-42-58-32-33-59-43-54-20-16-30-67(70(54)73(58,59)69(53)64)74(60-25-11-4-12-26-60)61-36-34-55(35-37-61)71-45-48-39-49(46-71)41-50(40-48)47-71/h1-31,34-38,44,48-50,58-59,68H,32-33,39-43,45-47H2. The van der Waals surface area contributed by atoms with Gasteiger partial charge in [-0.25, -0.2) is 0 Å². The molecule has 8 aliphatic rings. The van der Waals surface area contributed by atoms with E-state index in [1.54, 1.807) is 27.8 Å². The Morgan fingerprint density at radius 1 is 0.405 bits per heavy atom. The number of benzene rings is 9. The number of hydrogen-bond donors (Lipinski definition) is 0. The number of rotatable bonds is 9. The number of nitrogens with zero attached hydrogens (tertiary/aromatic N) is 1. The molecule has 4 atom stereocenters. The monoisotopic (exact) mass is 953 g/mol. The van der Waals surface area contributed by atoms with Crippen molar-refractivity contribution in [2.45, 2.75) is 86.4 Å². The number of hydrogen-bond acceptors (Lipinski definition) is 1. The van der Waals surface area contributed by atoms with Gasteiger partial charge in [0, 0.05) is 22.7 Å². The molecule has 360 valence electrons. The fourth-order valence-corrected chi connectivity index (χ4v) is 18.4. The molecule has 8 aliphatic carbocycles. The minimum atomic E-state index is -0.474. The fourth-order valence-electron chi connectivity index (χ4n) is 18.4. The second kappa shape index (κ2) is 16.4. The fraction of sp³-hybridized carbons (Fsp3) is 0.260. The van der Waals surface area contributed by atoms with Crippen LogP contribution in [0.5, 0.6) is 0 Å². The summed E-state index contributed by atoms with van der Waals surface area (Å²) in [5.74, 6) is 3.89. The molecular formula is C73H63N. The van der Waals surface area contributed by atoms with Crippen LogP contribution in [0.4, 0.5) is 17.1 Å². The van der Waals surface area contributed by atoms with E-state index in [2.05, 4.69) is 229 Å². The van der Waals surface area contributed by atoms with E-state index in [0.29, 0.717) is 17.3 Å². The first kappa shape index (κ1) is 43.2. The predicted molar refractivity (Wildman–Crippen MR) is 303 cm³/mol. The smallest absolute Gasteiger partial charge is 0.0713 e. The number of anilines is 3. The van der Waals surface area contributed by atoms with E-state index in [9.17, 15) is 0 Å². The van der Waals surface area contributed by atoms with Crippen molar-refractivity contribution in [3.63, 3.8) is 0 Å². The Bertz CT molecular complexity index is 3530. The lowest BCUT2D eigenvalue weighted by Crippen LogP contribution is -2.48. The normalized spacial score (nSPS) is 26.1. The molecular weight excluding hydrogens is 891 g/mol. The maximum absolute atomic E-state index is 2.66. The van der Waals surface area contributed by atoms with Crippen LogP contribution in [-0.2, 0) is 29.1 Å². The third-order valence-corrected chi connectivity index (χ3v) is 20.5. The molecule has 1 spiro atoms. The molecule has 0 amide bonds. The lowest BCUT2D eigenvalue weighted by atomic mass is 9.48. The van der Waals surface area contributed by atoms with Gasteiger partial charge in [0.05, 0.1) is 11.1 Å². The van der Waals surface area contributed by atoms with Crippen LogP contribution in [0.25, 0.3) is 11.1 Å². The van der Waals surface area contributed by atoms with Crippen LogP contribution in [0.15, 0.2) is 224 Å². The highest BCUT2D eigenvalue weighted by molar-refractivity contribution is 5.87. The molecule has 9 aromatic rings. The molecule has 5 saturated carbocycles. The first-order chi connectivity index (χ1) is 36.6. The molecule has 0 aromatic heterocycles. The molecule has 9 aromatic carbocycles. The van der Waals surface area contributed by atoms with Crippen molar-refractivity contribution < 1.29 is 0 Å². The van der Waals surface area contributed by atoms with Gasteiger partial charge in [0.1, 0.15) is 0 Å². The van der Waals surface area contributed by atoms with Crippen LogP contribution in [0.1, 0.15) is 124 Å². The molecule has 4 unspecified atom stereocenters. The van der Waals surface area contributed by atoms with Gasteiger partial charge in [0.2, 0.25) is 0 Å². The molecule has 74 heavy (non-hydrogen) atoms. The zero-order valence-corrected chi connectivity index (χ0v) is 42.3. The van der Waals surface area contributed by atoms with Crippen LogP contribution in [0.2, 0.25) is 0 Å². The highest BCUT2D eigenvalue weighted by atomic mass is 15.1. The van der Waals surface area contributed by atoms with Crippen molar-refractivity contribution in [1.82, 2.24) is 0 Å². The van der Waals surface area contributed by atoms with Gasteiger partial charge in [-0.1, -0.05) is 194 Å². The van der Waals surface area contributed by atoms with Gasteiger partial charge in [-0.05, 0) is 207 Å². The van der Waals surface area contributed by atoms with Crippen molar-refractivity contribution >= 4 is 17.1 Å². The summed E-state index contributed by atoms with van der Waals surface area (Å²) in [6.45, 7) is 0. The molecule has 0 radical (unpaired) electrons. The summed E-state index contributed by atoms with van der Waals surface area (Å²) in [4.78, 5) is 2.66. The Hall–Kier alpha value is -7.22. The van der Waals surface area contributed by atoms with E-state index < -0.39 is 5.41 Å². The van der Waals surface area contributed by atoms with Crippen molar-refractivity contribution in [2.75, 3.05) is 4.90 Å². The molecule has 1 heteroatoms. The van der Waals surface area contributed by atoms with Gasteiger partial charge >= 0.3 is 0 Å². The summed E-state index contributed by atoms with van der Waals surface area (Å²) in [6.07, 6.45) is 13.4. The SMILES string of the molecule is c1ccc(C(c2ccc3c(c2)C(c2ccccc2)(c2ccccc2)c2ccccc2-3)c2cccc3c2C24c5c(cccc5N(c5ccccc5)c5ccc(C67CC8CC(CC(C8)C6)C7)cc5)CC2CCC4C3)cc1. The molecule has 5 fully saturated rings. The van der Waals surface area contributed by atoms with E-state index in [1.807, 2.05) is 0 Å². The van der Waals surface area contributed by atoms with E-state index in [-0.39, 0.29) is 11.3 Å². The van der Waals surface area contributed by atoms with Gasteiger partial charge in [0.15, 0.2) is 0 Å². The van der Waals surface area contributed by atoms with Gasteiger partial charge in [-0.15, -0.1) is 0 Å². The quantitative estimate of drug-likeness (QED) is 0.130. The largest absolute Gasteiger partial charge is 0.310 e. The lowest BCUT2D eigenvalue weighted by molar-refractivity contribution is -0.00518. The summed E-state index contributed by atoms with van der Waals surface area (Å²) in [5.41, 5.74) is 23.8. The second-order valence-corrected chi connectivity index (χ2v) is 24.0. The summed E-state index contributed by atoms with van der Waals surface area (Å²) in [6, 6.07) is 87.3. The highest BCUT2D eigenvalue weighted by Gasteiger charge is 2.62. The molecule has 0 heterocycles. The molecule has 0 aliphatic heterocycles. The van der Waals surface area contributed by atoms with E-state index in [4.69, 9.17) is 0 Å². The van der Waals surface area contributed by atoms with Crippen LogP contribution < -0.4 is 4.90 Å².